The molecular weight excluding hydrogens is 356 g/mol. The van der Waals surface area contributed by atoms with Gasteiger partial charge in [0.25, 0.3) is 5.91 Å². The van der Waals surface area contributed by atoms with Crippen molar-refractivity contribution in [3.8, 4) is 0 Å². The number of hydrogen-bond acceptors (Lipinski definition) is 5. The van der Waals surface area contributed by atoms with Crippen molar-refractivity contribution in [3.05, 3.63) is 59.7 Å². The molecule has 0 unspecified atom stereocenters. The topological polar surface area (TPSA) is 107 Å². The van der Waals surface area contributed by atoms with Gasteiger partial charge in [-0.15, -0.1) is 0 Å². The number of carbonyl (C=O) groups is 1. The summed E-state index contributed by atoms with van der Waals surface area (Å²) < 4.78 is 26.3. The number of aliphatic hydroxyl groups is 2. The van der Waals surface area contributed by atoms with Crippen LogP contribution in [-0.4, -0.2) is 55.1 Å². The van der Waals surface area contributed by atoms with E-state index in [1.807, 2.05) is 19.1 Å². The molecule has 0 saturated carbocycles. The predicted octanol–water partition coefficient (Wildman–Crippen LogP) is 1.22. The van der Waals surface area contributed by atoms with Gasteiger partial charge in [0.05, 0.1) is 18.1 Å². The molecule has 2 aromatic carbocycles. The molecule has 8 heteroatoms. The minimum absolute atomic E-state index is 0.0724. The van der Waals surface area contributed by atoms with Gasteiger partial charge in [-0.3, -0.25) is 4.79 Å². The lowest BCUT2D eigenvalue weighted by atomic mass is 10.1. The number of nitrogens with zero attached hydrogens (tertiary/aromatic N) is 1. The second-order valence-corrected chi connectivity index (χ2v) is 7.59. The normalized spacial score (nSPS) is 11.5. The van der Waals surface area contributed by atoms with E-state index in [1.54, 1.807) is 12.1 Å². The summed E-state index contributed by atoms with van der Waals surface area (Å²) in [7, 11) is -3.93. The van der Waals surface area contributed by atoms with Crippen LogP contribution in [0.2, 0.25) is 0 Å². The lowest BCUT2D eigenvalue weighted by Crippen LogP contribution is -2.36. The second kappa shape index (κ2) is 8.91. The molecule has 3 N–H and O–H groups in total. The van der Waals surface area contributed by atoms with Crippen LogP contribution in [0.3, 0.4) is 0 Å². The zero-order valence-electron chi connectivity index (χ0n) is 14.4. The van der Waals surface area contributed by atoms with Crippen LogP contribution < -0.4 is 5.32 Å². The van der Waals surface area contributed by atoms with Gasteiger partial charge in [0, 0.05) is 24.3 Å². The molecule has 0 aliphatic rings. The van der Waals surface area contributed by atoms with Crippen LogP contribution in [0.25, 0.3) is 0 Å². The number of anilines is 1. The largest absolute Gasteiger partial charge is 0.395 e. The van der Waals surface area contributed by atoms with Crippen LogP contribution in [0.1, 0.15) is 15.9 Å². The van der Waals surface area contributed by atoms with Gasteiger partial charge in [0.1, 0.15) is 0 Å². The van der Waals surface area contributed by atoms with Crippen molar-refractivity contribution in [2.45, 2.75) is 11.8 Å². The van der Waals surface area contributed by atoms with E-state index in [1.165, 1.54) is 24.3 Å². The molecule has 2 aromatic rings. The Hall–Kier alpha value is -2.26. The van der Waals surface area contributed by atoms with Crippen LogP contribution in [0, 0.1) is 6.92 Å². The molecule has 0 radical (unpaired) electrons. The maximum atomic E-state index is 12.7. The van der Waals surface area contributed by atoms with Crippen LogP contribution >= 0.6 is 0 Å². The number of carbonyl (C=O) groups excluding carboxylic acids is 1. The number of nitrogens with one attached hydrogen (secondary N) is 1. The Morgan fingerprint density at radius 1 is 1.04 bits per heavy atom. The smallest absolute Gasteiger partial charge is 0.255 e. The Morgan fingerprint density at radius 2 is 1.69 bits per heavy atom. The molecular formula is C18H22N2O5S. The van der Waals surface area contributed by atoms with E-state index >= 15 is 0 Å². The molecule has 0 aliphatic carbocycles. The molecule has 0 aliphatic heterocycles. The van der Waals surface area contributed by atoms with E-state index in [4.69, 9.17) is 10.2 Å². The van der Waals surface area contributed by atoms with Gasteiger partial charge in [-0.1, -0.05) is 24.3 Å². The summed E-state index contributed by atoms with van der Waals surface area (Å²) in [5.74, 6) is -0.424. The second-order valence-electron chi connectivity index (χ2n) is 5.65. The first-order valence-corrected chi connectivity index (χ1v) is 9.53. The summed E-state index contributed by atoms with van der Waals surface area (Å²) in [6.45, 7) is 0.850. The van der Waals surface area contributed by atoms with E-state index in [0.717, 1.165) is 9.87 Å². The van der Waals surface area contributed by atoms with Crippen molar-refractivity contribution >= 4 is 21.6 Å². The van der Waals surface area contributed by atoms with Gasteiger partial charge < -0.3 is 15.5 Å². The molecule has 0 saturated heterocycles. The lowest BCUT2D eigenvalue weighted by Gasteiger charge is -2.20. The fourth-order valence-corrected chi connectivity index (χ4v) is 3.90. The van der Waals surface area contributed by atoms with E-state index in [9.17, 15) is 13.2 Å². The van der Waals surface area contributed by atoms with E-state index in [0.29, 0.717) is 5.69 Å². The monoisotopic (exact) mass is 378 g/mol. The van der Waals surface area contributed by atoms with Crippen LogP contribution in [-0.2, 0) is 10.0 Å². The Morgan fingerprint density at radius 3 is 2.31 bits per heavy atom. The van der Waals surface area contributed by atoms with E-state index in [-0.39, 0.29) is 36.8 Å². The third-order valence-corrected chi connectivity index (χ3v) is 5.72. The van der Waals surface area contributed by atoms with Gasteiger partial charge >= 0.3 is 0 Å². The standard InChI is InChI=1S/C18H22N2O5S/c1-14-5-2-3-8-17(14)19-18(23)15-6-4-7-16(13-15)26(24,25)20(9-11-21)10-12-22/h2-8,13,21-22H,9-12H2,1H3,(H,19,23). The number of amides is 1. The number of rotatable bonds is 8. The zero-order chi connectivity index (χ0) is 19.2. The quantitative estimate of drug-likeness (QED) is 0.640. The molecule has 26 heavy (non-hydrogen) atoms. The molecule has 140 valence electrons. The summed E-state index contributed by atoms with van der Waals surface area (Å²) in [6, 6.07) is 12.9. The maximum Gasteiger partial charge on any atom is 0.255 e. The Labute approximate surface area is 152 Å². The zero-order valence-corrected chi connectivity index (χ0v) is 15.2. The Balaban J connectivity index is 2.29. The summed E-state index contributed by atoms with van der Waals surface area (Å²) in [5.41, 5.74) is 1.73. The van der Waals surface area contributed by atoms with Crippen molar-refractivity contribution in [2.75, 3.05) is 31.6 Å². The Kier molecular flexibility index (Phi) is 6.87. The van der Waals surface area contributed by atoms with Gasteiger partial charge in [0.15, 0.2) is 0 Å². The summed E-state index contributed by atoms with van der Waals surface area (Å²) in [5, 5.41) is 20.9. The SMILES string of the molecule is Cc1ccccc1NC(=O)c1cccc(S(=O)(=O)N(CCO)CCO)c1. The van der Waals surface area contributed by atoms with Crippen molar-refractivity contribution in [3.63, 3.8) is 0 Å². The first-order valence-electron chi connectivity index (χ1n) is 8.09. The van der Waals surface area contributed by atoms with E-state index < -0.39 is 15.9 Å². The number of aryl methyl sites for hydroxylation is 1. The highest BCUT2D eigenvalue weighted by molar-refractivity contribution is 7.89. The van der Waals surface area contributed by atoms with Crippen LogP contribution in [0.5, 0.6) is 0 Å². The van der Waals surface area contributed by atoms with Crippen molar-refractivity contribution in [2.24, 2.45) is 0 Å². The summed E-state index contributed by atoms with van der Waals surface area (Å²) in [4.78, 5) is 12.4. The van der Waals surface area contributed by atoms with Crippen molar-refractivity contribution in [1.29, 1.82) is 0 Å². The molecule has 0 heterocycles. The van der Waals surface area contributed by atoms with Crippen LogP contribution in [0.4, 0.5) is 5.69 Å². The molecule has 0 bridgehead atoms. The highest BCUT2D eigenvalue weighted by Gasteiger charge is 2.24. The van der Waals surface area contributed by atoms with E-state index in [2.05, 4.69) is 5.32 Å². The van der Waals surface area contributed by atoms with Crippen molar-refractivity contribution in [1.82, 2.24) is 4.31 Å². The van der Waals surface area contributed by atoms with Gasteiger partial charge in [-0.2, -0.15) is 4.31 Å². The Bertz CT molecular complexity index is 861. The summed E-state index contributed by atoms with van der Waals surface area (Å²) >= 11 is 0. The van der Waals surface area contributed by atoms with Gasteiger partial charge in [-0.25, -0.2) is 8.42 Å². The van der Waals surface area contributed by atoms with Gasteiger partial charge in [0.2, 0.25) is 10.0 Å². The average molecular weight is 378 g/mol. The molecule has 0 fully saturated rings. The minimum atomic E-state index is -3.93. The lowest BCUT2D eigenvalue weighted by molar-refractivity contribution is 0.102. The number of benzene rings is 2. The molecule has 2 rings (SSSR count). The minimum Gasteiger partial charge on any atom is -0.395 e. The summed E-state index contributed by atoms with van der Waals surface area (Å²) in [6.07, 6.45) is 0. The highest BCUT2D eigenvalue weighted by Crippen LogP contribution is 2.19. The van der Waals surface area contributed by atoms with Crippen molar-refractivity contribution < 1.29 is 23.4 Å². The molecule has 7 nitrogen and oxygen atoms in total. The highest BCUT2D eigenvalue weighted by atomic mass is 32.2. The third-order valence-electron chi connectivity index (χ3n) is 3.83. The number of sulfonamides is 1. The maximum absolute atomic E-state index is 12.7. The van der Waals surface area contributed by atoms with Gasteiger partial charge in [-0.05, 0) is 36.8 Å². The van der Waals surface area contributed by atoms with Crippen LogP contribution in [0.15, 0.2) is 53.4 Å². The molecule has 0 spiro atoms. The predicted molar refractivity (Wildman–Crippen MR) is 98.5 cm³/mol. The molecule has 0 atom stereocenters. The molecule has 1 amide bonds. The molecule has 0 aromatic heterocycles. The number of hydrogen-bond donors (Lipinski definition) is 3. The number of para-hydroxylation sites is 1. The fourth-order valence-electron chi connectivity index (χ4n) is 2.43. The fraction of sp³-hybridized carbons (Fsp3) is 0.278. The first-order chi connectivity index (χ1) is 12.4. The third kappa shape index (κ3) is 4.67. The number of aliphatic hydroxyl groups excluding tert-OH is 2. The first kappa shape index (κ1) is 20.1. The average Bonchev–Trinajstić information content (AvgIpc) is 2.63.